The van der Waals surface area contributed by atoms with Gasteiger partial charge in [0.25, 0.3) is 0 Å². The number of nitrogens with two attached hydrogens (primary N) is 1. The first kappa shape index (κ1) is 8.53. The predicted octanol–water partition coefficient (Wildman–Crippen LogP) is 0.394. The highest BCUT2D eigenvalue weighted by Crippen LogP contribution is 2.16. The Kier molecular flexibility index (Phi) is 3.36. The monoisotopic (exact) mass is 156 g/mol. The average molecular weight is 156 g/mol. The van der Waals surface area contributed by atoms with E-state index in [2.05, 4.69) is 5.32 Å². The summed E-state index contributed by atoms with van der Waals surface area (Å²) in [6.07, 6.45) is 6.07. The summed E-state index contributed by atoms with van der Waals surface area (Å²) in [4.78, 5) is 10.8. The molecule has 3 heteroatoms. The number of rotatable bonds is 2. The lowest BCUT2D eigenvalue weighted by Crippen LogP contribution is -2.39. The molecule has 0 heterocycles. The van der Waals surface area contributed by atoms with Crippen molar-refractivity contribution in [2.45, 2.75) is 38.1 Å². The molecule has 64 valence electrons. The summed E-state index contributed by atoms with van der Waals surface area (Å²) in [6.45, 7) is 0.122. The molecule has 0 aromatic heterocycles. The van der Waals surface area contributed by atoms with Gasteiger partial charge in [0.1, 0.15) is 0 Å². The molecule has 1 saturated carbocycles. The van der Waals surface area contributed by atoms with Crippen LogP contribution in [0.2, 0.25) is 0 Å². The lowest BCUT2D eigenvalue weighted by atomic mass is 9.95. The van der Waals surface area contributed by atoms with Gasteiger partial charge in [-0.3, -0.25) is 4.79 Å². The number of hydrogen-bond donors (Lipinski definition) is 2. The number of amides is 1. The van der Waals surface area contributed by atoms with Crippen LogP contribution in [0.25, 0.3) is 0 Å². The second kappa shape index (κ2) is 4.34. The maximum absolute atomic E-state index is 10.8. The molecular formula is C8H16N2O. The van der Waals surface area contributed by atoms with Gasteiger partial charge in [0.2, 0.25) is 5.91 Å². The van der Waals surface area contributed by atoms with Crippen LogP contribution in [-0.4, -0.2) is 18.5 Å². The van der Waals surface area contributed by atoms with Crippen LogP contribution < -0.4 is 11.1 Å². The quantitative estimate of drug-likeness (QED) is 0.608. The Morgan fingerprint density at radius 3 is 2.55 bits per heavy atom. The van der Waals surface area contributed by atoms with Gasteiger partial charge in [-0.2, -0.15) is 0 Å². The zero-order valence-corrected chi connectivity index (χ0v) is 6.81. The van der Waals surface area contributed by atoms with E-state index in [1.807, 2.05) is 0 Å². The summed E-state index contributed by atoms with van der Waals surface area (Å²) in [5.74, 6) is -0.0168. The van der Waals surface area contributed by atoms with Gasteiger partial charge in [0.05, 0.1) is 6.54 Å². The molecular weight excluding hydrogens is 140 g/mol. The fourth-order valence-corrected chi connectivity index (χ4v) is 1.53. The van der Waals surface area contributed by atoms with E-state index in [9.17, 15) is 4.79 Å². The largest absolute Gasteiger partial charge is 0.352 e. The standard InChI is InChI=1S/C8H16N2O/c9-6-8(11)10-7-4-2-1-3-5-7/h7H,1-6,9H2,(H,10,11). The Hall–Kier alpha value is -0.570. The van der Waals surface area contributed by atoms with Gasteiger partial charge in [-0.05, 0) is 12.8 Å². The summed E-state index contributed by atoms with van der Waals surface area (Å²) in [7, 11) is 0. The zero-order valence-electron chi connectivity index (χ0n) is 6.81. The van der Waals surface area contributed by atoms with Crippen molar-refractivity contribution >= 4 is 5.91 Å². The molecule has 1 aliphatic carbocycles. The molecule has 1 amide bonds. The molecule has 1 aliphatic rings. The summed E-state index contributed by atoms with van der Waals surface area (Å²) in [5.41, 5.74) is 5.18. The molecule has 0 aromatic rings. The van der Waals surface area contributed by atoms with Gasteiger partial charge >= 0.3 is 0 Å². The van der Waals surface area contributed by atoms with Crippen molar-refractivity contribution < 1.29 is 4.79 Å². The van der Waals surface area contributed by atoms with Crippen molar-refractivity contribution in [3.63, 3.8) is 0 Å². The van der Waals surface area contributed by atoms with E-state index in [1.165, 1.54) is 19.3 Å². The van der Waals surface area contributed by atoms with E-state index < -0.39 is 0 Å². The normalized spacial score (nSPS) is 19.7. The third kappa shape index (κ3) is 2.89. The zero-order chi connectivity index (χ0) is 8.10. The van der Waals surface area contributed by atoms with Crippen LogP contribution in [0, 0.1) is 0 Å². The maximum Gasteiger partial charge on any atom is 0.233 e. The fraction of sp³-hybridized carbons (Fsp3) is 0.875. The number of hydrogen-bond acceptors (Lipinski definition) is 2. The van der Waals surface area contributed by atoms with Gasteiger partial charge < -0.3 is 11.1 Å². The summed E-state index contributed by atoms with van der Waals surface area (Å²) < 4.78 is 0. The molecule has 3 nitrogen and oxygen atoms in total. The smallest absolute Gasteiger partial charge is 0.233 e. The number of nitrogens with one attached hydrogen (secondary N) is 1. The van der Waals surface area contributed by atoms with Crippen LogP contribution in [0.5, 0.6) is 0 Å². The van der Waals surface area contributed by atoms with Crippen LogP contribution >= 0.6 is 0 Å². The van der Waals surface area contributed by atoms with Crippen LogP contribution in [-0.2, 0) is 4.79 Å². The van der Waals surface area contributed by atoms with Gasteiger partial charge in [-0.15, -0.1) is 0 Å². The van der Waals surface area contributed by atoms with E-state index in [4.69, 9.17) is 5.73 Å². The molecule has 0 aliphatic heterocycles. The van der Waals surface area contributed by atoms with E-state index in [1.54, 1.807) is 0 Å². The molecule has 1 fully saturated rings. The molecule has 0 radical (unpaired) electrons. The summed E-state index contributed by atoms with van der Waals surface area (Å²) in [5, 5.41) is 2.90. The molecule has 1 rings (SSSR count). The fourth-order valence-electron chi connectivity index (χ4n) is 1.53. The Morgan fingerprint density at radius 1 is 1.36 bits per heavy atom. The van der Waals surface area contributed by atoms with Gasteiger partial charge in [-0.25, -0.2) is 0 Å². The van der Waals surface area contributed by atoms with E-state index in [0.717, 1.165) is 12.8 Å². The van der Waals surface area contributed by atoms with Crippen molar-refractivity contribution in [3.8, 4) is 0 Å². The van der Waals surface area contributed by atoms with Crippen LogP contribution in [0.4, 0.5) is 0 Å². The third-order valence-corrected chi connectivity index (χ3v) is 2.16. The van der Waals surface area contributed by atoms with Crippen LogP contribution in [0.1, 0.15) is 32.1 Å². The Morgan fingerprint density at radius 2 is 2.00 bits per heavy atom. The minimum absolute atomic E-state index is 0.0168. The van der Waals surface area contributed by atoms with Crippen LogP contribution in [0.3, 0.4) is 0 Å². The molecule has 0 bridgehead atoms. The summed E-state index contributed by atoms with van der Waals surface area (Å²) >= 11 is 0. The summed E-state index contributed by atoms with van der Waals surface area (Å²) in [6, 6.07) is 0.403. The average Bonchev–Trinajstić information content (AvgIpc) is 2.06. The minimum Gasteiger partial charge on any atom is -0.352 e. The highest BCUT2D eigenvalue weighted by Gasteiger charge is 2.14. The second-order valence-electron chi connectivity index (χ2n) is 3.11. The Balaban J connectivity index is 2.19. The second-order valence-corrected chi connectivity index (χ2v) is 3.11. The van der Waals surface area contributed by atoms with Crippen molar-refractivity contribution in [2.24, 2.45) is 5.73 Å². The minimum atomic E-state index is -0.0168. The maximum atomic E-state index is 10.8. The molecule has 0 unspecified atom stereocenters. The predicted molar refractivity (Wildman–Crippen MR) is 44.1 cm³/mol. The van der Waals surface area contributed by atoms with Crippen molar-refractivity contribution in [1.29, 1.82) is 0 Å². The first-order valence-electron chi connectivity index (χ1n) is 4.32. The molecule has 3 N–H and O–H groups in total. The number of carbonyl (C=O) groups is 1. The van der Waals surface area contributed by atoms with Crippen molar-refractivity contribution in [3.05, 3.63) is 0 Å². The third-order valence-electron chi connectivity index (χ3n) is 2.16. The van der Waals surface area contributed by atoms with Gasteiger partial charge in [0, 0.05) is 6.04 Å². The molecule has 0 saturated heterocycles. The van der Waals surface area contributed by atoms with Gasteiger partial charge in [-0.1, -0.05) is 19.3 Å². The number of carbonyl (C=O) groups excluding carboxylic acids is 1. The first-order chi connectivity index (χ1) is 5.33. The molecule has 11 heavy (non-hydrogen) atoms. The topological polar surface area (TPSA) is 55.1 Å². The Labute approximate surface area is 67.3 Å². The highest BCUT2D eigenvalue weighted by molar-refractivity contribution is 5.78. The molecule has 0 atom stereocenters. The van der Waals surface area contributed by atoms with E-state index in [-0.39, 0.29) is 12.5 Å². The van der Waals surface area contributed by atoms with Crippen LogP contribution in [0.15, 0.2) is 0 Å². The first-order valence-corrected chi connectivity index (χ1v) is 4.32. The van der Waals surface area contributed by atoms with E-state index >= 15 is 0 Å². The molecule has 0 spiro atoms. The highest BCUT2D eigenvalue weighted by atomic mass is 16.1. The van der Waals surface area contributed by atoms with Crippen molar-refractivity contribution in [1.82, 2.24) is 5.32 Å². The van der Waals surface area contributed by atoms with Crippen molar-refractivity contribution in [2.75, 3.05) is 6.54 Å². The van der Waals surface area contributed by atoms with Gasteiger partial charge in [0.15, 0.2) is 0 Å². The SMILES string of the molecule is NCC(=O)NC1CCCCC1. The van der Waals surface area contributed by atoms with E-state index in [0.29, 0.717) is 6.04 Å². The molecule has 0 aromatic carbocycles. The lowest BCUT2D eigenvalue weighted by molar-refractivity contribution is -0.120. The Bertz CT molecular complexity index is 130. The lowest BCUT2D eigenvalue weighted by Gasteiger charge is -2.22.